The molecule has 2 heterocycles. The van der Waals surface area contributed by atoms with Gasteiger partial charge in [-0.05, 0) is 72.8 Å². The van der Waals surface area contributed by atoms with Gasteiger partial charge in [-0.3, -0.25) is 28.8 Å². The number of carbonyl (C=O) groups excluding carboxylic acids is 6. The number of rotatable bonds is 8. The molecule has 272 valence electrons. The molecule has 0 aromatic heterocycles. The Bertz CT molecular complexity index is 2620. The molecule has 8 rings (SSSR count). The number of nitrogens with one attached hydrogen (secondary N) is 2. The van der Waals surface area contributed by atoms with Crippen molar-refractivity contribution in [2.45, 2.75) is 0 Å². The molecule has 0 fully saturated rings. The minimum absolute atomic E-state index is 0.00323. The normalized spacial score (nSPS) is 13.1. The summed E-state index contributed by atoms with van der Waals surface area (Å²) < 4.78 is 0. The van der Waals surface area contributed by atoms with Gasteiger partial charge >= 0.3 is 11.9 Å². The Labute approximate surface area is 315 Å². The van der Waals surface area contributed by atoms with Crippen LogP contribution in [0.5, 0.6) is 0 Å². The molecule has 0 unspecified atom stereocenters. The number of carbonyl (C=O) groups is 8. The molecular formula is C42H24N4O10. The smallest absolute Gasteiger partial charge is 0.337 e. The van der Waals surface area contributed by atoms with Crippen LogP contribution in [0.3, 0.4) is 0 Å². The monoisotopic (exact) mass is 744 g/mol. The standard InChI is InChI=1S/C42H24N4O10/c47-35(43-31-11-3-1-7-27(31)41(53)54)21-15-17-25-29(19-21)39(51)45(37(25)49)33-13-5-10-24-23(33)9-6-14-34(24)46-38(50)26-18-16-22(20-30(26)40(46)52)36(48)44-32-12-4-2-8-28(32)42(55)56/h1-20H,(H,43,47)(H,44,48)(H,53,54)(H,55,56). The topological polar surface area (TPSA) is 208 Å². The van der Waals surface area contributed by atoms with Crippen molar-refractivity contribution in [3.8, 4) is 0 Å². The van der Waals surface area contributed by atoms with Gasteiger partial charge in [-0.15, -0.1) is 0 Å². The Morgan fingerprint density at radius 1 is 0.429 bits per heavy atom. The number of aromatic carboxylic acids is 2. The van der Waals surface area contributed by atoms with Crippen LogP contribution in [0.1, 0.15) is 82.9 Å². The maximum absolute atomic E-state index is 13.9. The SMILES string of the molecule is O=C(Nc1ccccc1C(=O)O)c1ccc2c(c1)C(=O)N(c1cccc3c(N4C(=O)c5ccc(C(=O)Nc6ccccc6C(=O)O)cc5C4=O)cccc13)C2=O. The highest BCUT2D eigenvalue weighted by molar-refractivity contribution is 6.38. The van der Waals surface area contributed by atoms with Crippen LogP contribution in [-0.4, -0.2) is 57.6 Å². The summed E-state index contributed by atoms with van der Waals surface area (Å²) in [5.41, 5.74) is 0.0513. The first-order valence-corrected chi connectivity index (χ1v) is 16.8. The zero-order valence-corrected chi connectivity index (χ0v) is 28.6. The average molecular weight is 745 g/mol. The van der Waals surface area contributed by atoms with Crippen molar-refractivity contribution in [3.63, 3.8) is 0 Å². The first kappa shape index (κ1) is 34.8. The van der Waals surface area contributed by atoms with E-state index < -0.39 is 47.4 Å². The summed E-state index contributed by atoms with van der Waals surface area (Å²) in [6.07, 6.45) is 0. The largest absolute Gasteiger partial charge is 0.478 e. The van der Waals surface area contributed by atoms with Crippen LogP contribution in [0.2, 0.25) is 0 Å². The molecule has 0 saturated carbocycles. The molecule has 0 radical (unpaired) electrons. The fourth-order valence-electron chi connectivity index (χ4n) is 6.81. The lowest BCUT2D eigenvalue weighted by atomic mass is 10.0. The van der Waals surface area contributed by atoms with Gasteiger partial charge in [0, 0.05) is 21.9 Å². The third-order valence-electron chi connectivity index (χ3n) is 9.47. The van der Waals surface area contributed by atoms with E-state index in [2.05, 4.69) is 10.6 Å². The quantitative estimate of drug-likeness (QED) is 0.127. The number of benzene rings is 6. The van der Waals surface area contributed by atoms with E-state index in [4.69, 9.17) is 0 Å². The van der Waals surface area contributed by atoms with E-state index in [1.807, 2.05) is 0 Å². The van der Waals surface area contributed by atoms with Crippen LogP contribution in [0.15, 0.2) is 121 Å². The van der Waals surface area contributed by atoms with Gasteiger partial charge in [-0.2, -0.15) is 0 Å². The number of amides is 6. The summed E-state index contributed by atoms with van der Waals surface area (Å²) in [6.45, 7) is 0. The zero-order valence-electron chi connectivity index (χ0n) is 28.6. The lowest BCUT2D eigenvalue weighted by Gasteiger charge is -2.20. The van der Waals surface area contributed by atoms with Gasteiger partial charge in [0.15, 0.2) is 0 Å². The van der Waals surface area contributed by atoms with Gasteiger partial charge in [0.1, 0.15) is 0 Å². The molecular weight excluding hydrogens is 720 g/mol. The minimum atomic E-state index is -1.25. The van der Waals surface area contributed by atoms with E-state index in [1.165, 1.54) is 84.9 Å². The summed E-state index contributed by atoms with van der Waals surface area (Å²) >= 11 is 0. The molecule has 0 bridgehead atoms. The fourth-order valence-corrected chi connectivity index (χ4v) is 6.81. The fraction of sp³-hybridized carbons (Fsp3) is 0. The van der Waals surface area contributed by atoms with Gasteiger partial charge in [-0.25, -0.2) is 19.4 Å². The highest BCUT2D eigenvalue weighted by Crippen LogP contribution is 2.40. The van der Waals surface area contributed by atoms with Crippen LogP contribution in [-0.2, 0) is 0 Å². The van der Waals surface area contributed by atoms with Crippen molar-refractivity contribution in [2.75, 3.05) is 20.4 Å². The number of hydrogen-bond acceptors (Lipinski definition) is 8. The second kappa shape index (κ2) is 13.3. The molecule has 2 aliphatic heterocycles. The molecule has 6 aromatic carbocycles. The van der Waals surface area contributed by atoms with Crippen LogP contribution in [0.4, 0.5) is 22.7 Å². The molecule has 56 heavy (non-hydrogen) atoms. The van der Waals surface area contributed by atoms with Gasteiger partial charge in [0.05, 0.1) is 56.1 Å². The highest BCUT2D eigenvalue weighted by atomic mass is 16.4. The predicted octanol–water partition coefficient (Wildman–Crippen LogP) is 6.34. The highest BCUT2D eigenvalue weighted by Gasteiger charge is 2.40. The van der Waals surface area contributed by atoms with Crippen LogP contribution < -0.4 is 20.4 Å². The maximum Gasteiger partial charge on any atom is 0.337 e. The van der Waals surface area contributed by atoms with Gasteiger partial charge in [0.2, 0.25) is 0 Å². The molecule has 0 saturated heterocycles. The molecule has 0 atom stereocenters. The zero-order chi connectivity index (χ0) is 39.4. The third-order valence-corrected chi connectivity index (χ3v) is 9.47. The van der Waals surface area contributed by atoms with Gasteiger partial charge in [0.25, 0.3) is 35.4 Å². The minimum Gasteiger partial charge on any atom is -0.478 e. The Hall–Kier alpha value is -8.26. The molecule has 4 N–H and O–H groups in total. The number of hydrogen-bond donors (Lipinski definition) is 4. The number of fused-ring (bicyclic) bond motifs is 3. The first-order chi connectivity index (χ1) is 26.9. The van der Waals surface area contributed by atoms with Crippen molar-refractivity contribution in [2.24, 2.45) is 0 Å². The number of imide groups is 2. The Morgan fingerprint density at radius 3 is 1.20 bits per heavy atom. The second-order valence-electron chi connectivity index (χ2n) is 12.7. The van der Waals surface area contributed by atoms with E-state index >= 15 is 0 Å². The van der Waals surface area contributed by atoms with E-state index in [9.17, 15) is 48.6 Å². The Morgan fingerprint density at radius 2 is 0.804 bits per heavy atom. The molecule has 6 aromatic rings. The first-order valence-electron chi connectivity index (χ1n) is 16.8. The van der Waals surface area contributed by atoms with Crippen molar-refractivity contribution < 1.29 is 48.6 Å². The number of nitrogens with zero attached hydrogens (tertiary/aromatic N) is 2. The van der Waals surface area contributed by atoms with Gasteiger partial charge < -0.3 is 20.8 Å². The third kappa shape index (κ3) is 5.61. The predicted molar refractivity (Wildman–Crippen MR) is 202 cm³/mol. The number of anilines is 4. The summed E-state index contributed by atoms with van der Waals surface area (Å²) in [5.74, 6) is -6.72. The average Bonchev–Trinajstić information content (AvgIpc) is 3.60. The molecule has 0 aliphatic carbocycles. The lowest BCUT2D eigenvalue weighted by molar-refractivity contribution is 0.0687. The Kier molecular flexibility index (Phi) is 8.27. The van der Waals surface area contributed by atoms with E-state index in [1.54, 1.807) is 36.4 Å². The summed E-state index contributed by atoms with van der Waals surface area (Å²) in [5, 5.41) is 24.7. The molecule has 6 amide bonds. The molecule has 0 spiro atoms. The summed E-state index contributed by atoms with van der Waals surface area (Å²) in [4.78, 5) is 107. The van der Waals surface area contributed by atoms with Crippen LogP contribution in [0.25, 0.3) is 10.8 Å². The van der Waals surface area contributed by atoms with E-state index in [0.717, 1.165) is 9.80 Å². The maximum atomic E-state index is 13.9. The number of carboxylic acids is 2. The van der Waals surface area contributed by atoms with Crippen LogP contribution >= 0.6 is 0 Å². The van der Waals surface area contributed by atoms with Crippen molar-refractivity contribution in [1.29, 1.82) is 0 Å². The lowest BCUT2D eigenvalue weighted by Crippen LogP contribution is -2.30. The Balaban J connectivity index is 1.09. The van der Waals surface area contributed by atoms with Crippen molar-refractivity contribution in [3.05, 3.63) is 166 Å². The van der Waals surface area contributed by atoms with Gasteiger partial charge in [-0.1, -0.05) is 48.5 Å². The molecule has 14 heteroatoms. The van der Waals surface area contributed by atoms with Crippen molar-refractivity contribution >= 4 is 80.9 Å². The molecule has 14 nitrogen and oxygen atoms in total. The van der Waals surface area contributed by atoms with E-state index in [-0.39, 0.29) is 67.3 Å². The summed E-state index contributed by atoms with van der Waals surface area (Å²) in [7, 11) is 0. The number of carboxylic acid groups (broad SMARTS) is 2. The second-order valence-corrected chi connectivity index (χ2v) is 12.7. The summed E-state index contributed by atoms with van der Waals surface area (Å²) in [6, 6.07) is 28.9. The number of para-hydroxylation sites is 2. The van der Waals surface area contributed by atoms with E-state index in [0.29, 0.717) is 10.8 Å². The van der Waals surface area contributed by atoms with Crippen molar-refractivity contribution in [1.82, 2.24) is 0 Å². The molecule has 2 aliphatic rings. The van der Waals surface area contributed by atoms with Crippen LogP contribution in [0, 0.1) is 0 Å².